The van der Waals surface area contributed by atoms with Gasteiger partial charge in [-0.05, 0) is 134 Å². The zero-order valence-corrected chi connectivity index (χ0v) is 30.0. The van der Waals surface area contributed by atoms with Crippen molar-refractivity contribution in [2.75, 3.05) is 76.0 Å². The SMILES string of the molecule is Cc1cc(N(C)C)ccc1C(CCCC(c1ccc(N(C)C)cc1C)c1ccc(N(C)C)cc1C)c1ccc(N(C)C)cc1C. The van der Waals surface area contributed by atoms with Gasteiger partial charge in [-0.25, -0.2) is 0 Å². The second-order valence-corrected chi connectivity index (χ2v) is 13.8. The second kappa shape index (κ2) is 14.5. The van der Waals surface area contributed by atoms with Crippen LogP contribution < -0.4 is 19.6 Å². The number of hydrogen-bond acceptors (Lipinski definition) is 4. The van der Waals surface area contributed by atoms with Gasteiger partial charge in [-0.1, -0.05) is 30.7 Å². The quantitative estimate of drug-likeness (QED) is 0.160. The molecule has 0 aliphatic rings. The maximum atomic E-state index is 2.38. The van der Waals surface area contributed by atoms with Gasteiger partial charge in [0.2, 0.25) is 0 Å². The standard InChI is InChI=1S/C41H56N4/c1-28-24-32(42(5)6)16-20-36(28)40(37-21-17-33(43(7)8)25-29(37)2)14-13-15-41(38-22-18-34(44(9)10)26-30(38)3)39-23-19-35(45(11)12)27-31(39)4/h16-27,40-41H,13-15H2,1-12H3. The molecule has 0 aliphatic heterocycles. The van der Waals surface area contributed by atoms with Crippen LogP contribution in [0.2, 0.25) is 0 Å². The molecular weight excluding hydrogens is 548 g/mol. The van der Waals surface area contributed by atoms with Crippen LogP contribution in [0.25, 0.3) is 0 Å². The Bertz CT molecular complexity index is 1360. The van der Waals surface area contributed by atoms with Crippen LogP contribution in [0.4, 0.5) is 22.7 Å². The van der Waals surface area contributed by atoms with Gasteiger partial charge in [0.05, 0.1) is 0 Å². The zero-order valence-electron chi connectivity index (χ0n) is 30.0. The molecule has 4 aromatic carbocycles. The predicted octanol–water partition coefficient (Wildman–Crippen LogP) is 9.32. The van der Waals surface area contributed by atoms with Crippen molar-refractivity contribution >= 4 is 22.7 Å². The largest absolute Gasteiger partial charge is 0.378 e. The molecular formula is C41H56N4. The molecule has 0 aliphatic carbocycles. The lowest BCUT2D eigenvalue weighted by Gasteiger charge is -2.27. The average Bonchev–Trinajstić information content (AvgIpc) is 2.98. The summed E-state index contributed by atoms with van der Waals surface area (Å²) in [6.45, 7) is 9.14. The first-order chi connectivity index (χ1) is 21.3. The van der Waals surface area contributed by atoms with Crippen molar-refractivity contribution in [3.63, 3.8) is 0 Å². The molecule has 0 saturated heterocycles. The summed E-state index contributed by atoms with van der Waals surface area (Å²) in [6.07, 6.45) is 3.33. The van der Waals surface area contributed by atoms with Gasteiger partial charge in [-0.2, -0.15) is 0 Å². The lowest BCUT2D eigenvalue weighted by molar-refractivity contribution is 0.586. The number of nitrogens with zero attached hydrogens (tertiary/aromatic N) is 4. The monoisotopic (exact) mass is 604 g/mol. The van der Waals surface area contributed by atoms with Crippen LogP contribution >= 0.6 is 0 Å². The van der Waals surface area contributed by atoms with Crippen LogP contribution in [0.15, 0.2) is 72.8 Å². The Morgan fingerprint density at radius 2 is 0.600 bits per heavy atom. The Morgan fingerprint density at radius 1 is 0.378 bits per heavy atom. The first kappa shape index (κ1) is 34.0. The Hall–Kier alpha value is -3.92. The van der Waals surface area contributed by atoms with E-state index in [9.17, 15) is 0 Å². The molecule has 4 nitrogen and oxygen atoms in total. The maximum Gasteiger partial charge on any atom is 0.0363 e. The Morgan fingerprint density at radius 3 is 0.778 bits per heavy atom. The predicted molar refractivity (Wildman–Crippen MR) is 200 cm³/mol. The summed E-state index contributed by atoms with van der Waals surface area (Å²) < 4.78 is 0. The molecule has 4 heteroatoms. The first-order valence-electron chi connectivity index (χ1n) is 16.4. The van der Waals surface area contributed by atoms with Gasteiger partial charge < -0.3 is 19.6 Å². The number of aryl methyl sites for hydroxylation is 4. The van der Waals surface area contributed by atoms with Crippen molar-refractivity contribution in [3.05, 3.63) is 117 Å². The van der Waals surface area contributed by atoms with E-state index in [1.807, 2.05) is 0 Å². The van der Waals surface area contributed by atoms with E-state index in [2.05, 4.69) is 176 Å². The Labute approximate surface area is 274 Å². The molecule has 0 aromatic heterocycles. The summed E-state index contributed by atoms with van der Waals surface area (Å²) in [7, 11) is 17.0. The second-order valence-electron chi connectivity index (χ2n) is 13.8. The van der Waals surface area contributed by atoms with Crippen molar-refractivity contribution in [2.24, 2.45) is 0 Å². The fourth-order valence-electron chi connectivity index (χ4n) is 6.80. The number of benzene rings is 4. The van der Waals surface area contributed by atoms with Gasteiger partial charge in [0.15, 0.2) is 0 Å². The van der Waals surface area contributed by atoms with Gasteiger partial charge in [0, 0.05) is 91.0 Å². The topological polar surface area (TPSA) is 13.0 Å². The summed E-state index contributed by atoms with van der Waals surface area (Å²) in [5.74, 6) is 0.681. The molecule has 4 rings (SSSR count). The number of hydrogen-bond donors (Lipinski definition) is 0. The van der Waals surface area contributed by atoms with Gasteiger partial charge in [0.25, 0.3) is 0 Å². The number of anilines is 4. The third-order valence-corrected chi connectivity index (χ3v) is 9.57. The smallest absolute Gasteiger partial charge is 0.0363 e. The molecule has 0 spiro atoms. The van der Waals surface area contributed by atoms with Crippen molar-refractivity contribution in [3.8, 4) is 0 Å². The van der Waals surface area contributed by atoms with E-state index in [4.69, 9.17) is 0 Å². The van der Waals surface area contributed by atoms with Crippen LogP contribution in [0.5, 0.6) is 0 Å². The first-order valence-corrected chi connectivity index (χ1v) is 16.4. The minimum Gasteiger partial charge on any atom is -0.378 e. The summed E-state index contributed by atoms with van der Waals surface area (Å²) in [5.41, 5.74) is 16.2. The van der Waals surface area contributed by atoms with E-state index in [-0.39, 0.29) is 0 Å². The molecule has 0 amide bonds. The van der Waals surface area contributed by atoms with E-state index in [1.54, 1.807) is 0 Å². The van der Waals surface area contributed by atoms with E-state index in [0.717, 1.165) is 19.3 Å². The van der Waals surface area contributed by atoms with Crippen LogP contribution in [-0.2, 0) is 0 Å². The van der Waals surface area contributed by atoms with Crippen LogP contribution in [-0.4, -0.2) is 56.4 Å². The molecule has 0 bridgehead atoms. The molecule has 0 radical (unpaired) electrons. The normalized spacial score (nSPS) is 11.3. The molecule has 0 fully saturated rings. The fourth-order valence-corrected chi connectivity index (χ4v) is 6.80. The van der Waals surface area contributed by atoms with Gasteiger partial charge in [0.1, 0.15) is 0 Å². The Balaban J connectivity index is 1.73. The van der Waals surface area contributed by atoms with Gasteiger partial charge >= 0.3 is 0 Å². The Kier molecular flexibility index (Phi) is 10.9. The molecule has 0 unspecified atom stereocenters. The fraction of sp³-hybridized carbons (Fsp3) is 0.415. The summed E-state index contributed by atoms with van der Waals surface area (Å²) in [4.78, 5) is 8.78. The number of rotatable bonds is 12. The highest BCUT2D eigenvalue weighted by Gasteiger charge is 2.23. The molecule has 0 saturated carbocycles. The summed E-state index contributed by atoms with van der Waals surface area (Å²) in [5, 5.41) is 0. The van der Waals surface area contributed by atoms with Crippen molar-refractivity contribution in [2.45, 2.75) is 58.8 Å². The third-order valence-electron chi connectivity index (χ3n) is 9.57. The molecule has 0 atom stereocenters. The van der Waals surface area contributed by atoms with Gasteiger partial charge in [-0.15, -0.1) is 0 Å². The highest BCUT2D eigenvalue weighted by atomic mass is 15.1. The molecule has 0 heterocycles. The third kappa shape index (κ3) is 7.84. The van der Waals surface area contributed by atoms with E-state index < -0.39 is 0 Å². The highest BCUT2D eigenvalue weighted by Crippen LogP contribution is 2.40. The minimum atomic E-state index is 0.340. The zero-order chi connectivity index (χ0) is 33.0. The van der Waals surface area contributed by atoms with E-state index >= 15 is 0 Å². The highest BCUT2D eigenvalue weighted by molar-refractivity contribution is 5.57. The lowest BCUT2D eigenvalue weighted by atomic mass is 9.79. The molecule has 45 heavy (non-hydrogen) atoms. The molecule has 4 aromatic rings. The molecule has 240 valence electrons. The molecule has 0 N–H and O–H groups in total. The van der Waals surface area contributed by atoms with Crippen molar-refractivity contribution in [1.82, 2.24) is 0 Å². The average molecular weight is 605 g/mol. The van der Waals surface area contributed by atoms with Crippen LogP contribution in [0.1, 0.15) is 75.6 Å². The van der Waals surface area contributed by atoms with E-state index in [0.29, 0.717) is 11.8 Å². The summed E-state index contributed by atoms with van der Waals surface area (Å²) >= 11 is 0. The van der Waals surface area contributed by atoms with Crippen LogP contribution in [0, 0.1) is 27.7 Å². The lowest BCUT2D eigenvalue weighted by Crippen LogP contribution is -2.13. The van der Waals surface area contributed by atoms with Crippen molar-refractivity contribution in [1.29, 1.82) is 0 Å². The van der Waals surface area contributed by atoms with Crippen LogP contribution in [0.3, 0.4) is 0 Å². The van der Waals surface area contributed by atoms with Gasteiger partial charge in [-0.3, -0.25) is 0 Å². The maximum absolute atomic E-state index is 2.38. The van der Waals surface area contributed by atoms with Crippen molar-refractivity contribution < 1.29 is 0 Å². The minimum absolute atomic E-state index is 0.340. The summed E-state index contributed by atoms with van der Waals surface area (Å²) in [6, 6.07) is 28.0. The van der Waals surface area contributed by atoms with E-state index in [1.165, 1.54) is 67.3 Å².